The summed E-state index contributed by atoms with van der Waals surface area (Å²) in [6.07, 6.45) is 0.732. The lowest BCUT2D eigenvalue weighted by atomic mass is 9.97. The number of amidine groups is 1. The van der Waals surface area contributed by atoms with E-state index in [2.05, 4.69) is 9.71 Å². The summed E-state index contributed by atoms with van der Waals surface area (Å²) in [5.41, 5.74) is 1.03. The van der Waals surface area contributed by atoms with Crippen molar-refractivity contribution in [1.29, 1.82) is 0 Å². The number of anilines is 1. The first-order chi connectivity index (χ1) is 14.3. The second-order valence-corrected chi connectivity index (χ2v) is 9.51. The van der Waals surface area contributed by atoms with Gasteiger partial charge in [-0.25, -0.2) is 0 Å². The van der Waals surface area contributed by atoms with Gasteiger partial charge in [0.05, 0.1) is 5.69 Å². The lowest BCUT2D eigenvalue weighted by molar-refractivity contribution is -0.130. The van der Waals surface area contributed by atoms with Gasteiger partial charge in [0.15, 0.2) is 11.7 Å². The molecule has 0 aliphatic carbocycles. The molecule has 0 saturated carbocycles. The quantitative estimate of drug-likeness (QED) is 0.743. The Kier molecular flexibility index (Phi) is 5.19. The summed E-state index contributed by atoms with van der Waals surface area (Å²) in [6.45, 7) is 4.51. The molecule has 7 nitrogen and oxygen atoms in total. The summed E-state index contributed by atoms with van der Waals surface area (Å²) in [7, 11) is -4.00. The number of para-hydroxylation sites is 1. The molecule has 1 amide bonds. The molecule has 1 fully saturated rings. The number of likely N-dealkylation sites (tertiary alicyclic amines) is 1. The van der Waals surface area contributed by atoms with Crippen molar-refractivity contribution in [2.45, 2.75) is 31.2 Å². The van der Waals surface area contributed by atoms with E-state index in [-0.39, 0.29) is 16.5 Å². The predicted molar refractivity (Wildman–Crippen MR) is 114 cm³/mol. The van der Waals surface area contributed by atoms with Crippen molar-refractivity contribution >= 4 is 33.2 Å². The van der Waals surface area contributed by atoms with Crippen LogP contribution in [0.1, 0.15) is 31.9 Å². The number of nitrogens with one attached hydrogen (secondary N) is 1. The number of benzene rings is 2. The van der Waals surface area contributed by atoms with E-state index in [9.17, 15) is 18.0 Å². The Morgan fingerprint density at radius 1 is 1.03 bits per heavy atom. The summed E-state index contributed by atoms with van der Waals surface area (Å²) in [5.74, 6) is -1.84. The van der Waals surface area contributed by atoms with Crippen molar-refractivity contribution in [2.75, 3.05) is 11.9 Å². The van der Waals surface area contributed by atoms with Crippen molar-refractivity contribution in [3.05, 3.63) is 60.2 Å². The number of nitrogens with zero attached hydrogens (tertiary/aromatic N) is 2. The number of hydrogen-bond acceptors (Lipinski definition) is 5. The first-order valence-electron chi connectivity index (χ1n) is 9.89. The first-order valence-corrected chi connectivity index (χ1v) is 11.3. The molecule has 1 saturated heterocycles. The van der Waals surface area contributed by atoms with Crippen molar-refractivity contribution in [2.24, 2.45) is 16.2 Å². The third-order valence-corrected chi connectivity index (χ3v) is 6.73. The van der Waals surface area contributed by atoms with Crippen LogP contribution in [0.5, 0.6) is 0 Å². The van der Waals surface area contributed by atoms with Crippen LogP contribution >= 0.6 is 0 Å². The number of fused-ring (bicyclic) bond motifs is 1. The number of carbonyl (C=O) groups is 2. The molecule has 1 N–H and O–H groups in total. The number of ketones is 1. The Hall–Kier alpha value is -3.00. The lowest BCUT2D eigenvalue weighted by Crippen LogP contribution is -2.37. The van der Waals surface area contributed by atoms with E-state index >= 15 is 0 Å². The smallest absolute Gasteiger partial charge is 0.286 e. The monoisotopic (exact) mass is 425 g/mol. The van der Waals surface area contributed by atoms with Crippen molar-refractivity contribution in [1.82, 2.24) is 4.90 Å². The second kappa shape index (κ2) is 7.68. The van der Waals surface area contributed by atoms with E-state index < -0.39 is 27.9 Å². The second-order valence-electron chi connectivity index (χ2n) is 7.94. The molecule has 1 unspecified atom stereocenters. The van der Waals surface area contributed by atoms with Crippen LogP contribution in [-0.4, -0.2) is 37.4 Å². The van der Waals surface area contributed by atoms with Crippen LogP contribution in [0, 0.1) is 11.8 Å². The Labute approximate surface area is 175 Å². The molecular formula is C22H23N3O4S. The minimum Gasteiger partial charge on any atom is -0.341 e. The molecule has 0 aromatic heterocycles. The summed E-state index contributed by atoms with van der Waals surface area (Å²) in [6, 6.07) is 14.7. The molecule has 2 aliphatic rings. The average molecular weight is 426 g/mol. The Bertz CT molecular complexity index is 1130. The molecule has 2 aromatic rings. The fourth-order valence-electron chi connectivity index (χ4n) is 3.85. The number of sulfonamides is 1. The summed E-state index contributed by atoms with van der Waals surface area (Å²) in [4.78, 5) is 28.3. The van der Waals surface area contributed by atoms with Gasteiger partial charge in [-0.15, -0.1) is 4.40 Å². The van der Waals surface area contributed by atoms with E-state index in [0.717, 1.165) is 6.42 Å². The maximum Gasteiger partial charge on any atom is 0.286 e. The Balaban J connectivity index is 1.75. The van der Waals surface area contributed by atoms with Gasteiger partial charge in [-0.1, -0.05) is 56.3 Å². The number of amides is 1. The molecule has 8 heteroatoms. The molecular weight excluding hydrogens is 402 g/mol. The highest BCUT2D eigenvalue weighted by Crippen LogP contribution is 2.37. The molecule has 30 heavy (non-hydrogen) atoms. The first kappa shape index (κ1) is 20.3. The fraction of sp³-hybridized carbons (Fsp3) is 0.318. The van der Waals surface area contributed by atoms with Crippen LogP contribution in [0.15, 0.2) is 63.9 Å². The molecule has 2 aliphatic heterocycles. The average Bonchev–Trinajstić information content (AvgIpc) is 2.96. The van der Waals surface area contributed by atoms with Crippen LogP contribution < -0.4 is 5.32 Å². The highest BCUT2D eigenvalue weighted by molar-refractivity contribution is 7.90. The molecule has 0 radical (unpaired) electrons. The topological polar surface area (TPSA) is 95.9 Å². The van der Waals surface area contributed by atoms with Gasteiger partial charge in [0, 0.05) is 6.54 Å². The number of Topliss-reactive ketones (excluding diaryl/α,β-unsaturated/α-hetero) is 1. The maximum atomic E-state index is 13.4. The minimum atomic E-state index is -4.00. The van der Waals surface area contributed by atoms with E-state index in [1.165, 1.54) is 6.07 Å². The number of hydrogen-bond donors (Lipinski definition) is 1. The summed E-state index contributed by atoms with van der Waals surface area (Å²) >= 11 is 0. The van der Waals surface area contributed by atoms with Gasteiger partial charge < -0.3 is 10.2 Å². The standard InChI is InChI=1S/C22H23N3O4S/c1-14(2)12-13-25-19(15-8-4-3-5-9-15)20(26)18(22(25)27)21-23-16-10-6-7-11-17(16)30(28,29)24-21/h3-11,14,18-19H,12-13H2,1-2H3,(H,23,24)/t18?,19-/m0/s1. The zero-order valence-electron chi connectivity index (χ0n) is 16.8. The van der Waals surface area contributed by atoms with Crippen molar-refractivity contribution in [3.63, 3.8) is 0 Å². The maximum absolute atomic E-state index is 13.4. The molecule has 4 rings (SSSR count). The predicted octanol–water partition coefficient (Wildman–Crippen LogP) is 3.01. The zero-order valence-corrected chi connectivity index (χ0v) is 17.6. The fourth-order valence-corrected chi connectivity index (χ4v) is 5.01. The lowest BCUT2D eigenvalue weighted by Gasteiger charge is -2.24. The van der Waals surface area contributed by atoms with Gasteiger partial charge in [0.1, 0.15) is 16.8 Å². The third-order valence-electron chi connectivity index (χ3n) is 5.38. The Morgan fingerprint density at radius 2 is 1.70 bits per heavy atom. The van der Waals surface area contributed by atoms with E-state index in [1.807, 2.05) is 44.2 Å². The van der Waals surface area contributed by atoms with Crippen LogP contribution in [0.2, 0.25) is 0 Å². The zero-order chi connectivity index (χ0) is 21.5. The van der Waals surface area contributed by atoms with Gasteiger partial charge >= 0.3 is 0 Å². The van der Waals surface area contributed by atoms with Crippen molar-refractivity contribution in [3.8, 4) is 0 Å². The molecule has 0 bridgehead atoms. The van der Waals surface area contributed by atoms with Crippen LogP contribution in [-0.2, 0) is 19.6 Å². The van der Waals surface area contributed by atoms with Gasteiger partial charge in [0.2, 0.25) is 5.91 Å². The minimum absolute atomic E-state index is 0.0305. The normalized spacial score (nSPS) is 22.6. The molecule has 156 valence electrons. The highest BCUT2D eigenvalue weighted by Gasteiger charge is 2.51. The van der Waals surface area contributed by atoms with Gasteiger partial charge in [-0.05, 0) is 30.0 Å². The Morgan fingerprint density at radius 3 is 2.40 bits per heavy atom. The van der Waals surface area contributed by atoms with Crippen molar-refractivity contribution < 1.29 is 18.0 Å². The largest absolute Gasteiger partial charge is 0.341 e. The summed E-state index contributed by atoms with van der Waals surface area (Å²) < 4.78 is 29.1. The van der Waals surface area contributed by atoms with Crippen LogP contribution in [0.3, 0.4) is 0 Å². The van der Waals surface area contributed by atoms with E-state index in [0.29, 0.717) is 23.7 Å². The van der Waals surface area contributed by atoms with Crippen LogP contribution in [0.25, 0.3) is 0 Å². The van der Waals surface area contributed by atoms with E-state index in [1.54, 1.807) is 23.1 Å². The third kappa shape index (κ3) is 3.52. The number of rotatable bonds is 5. The molecule has 0 spiro atoms. The van der Waals surface area contributed by atoms with Gasteiger partial charge in [0.25, 0.3) is 10.0 Å². The molecule has 2 atom stereocenters. The number of carbonyl (C=O) groups excluding carboxylic acids is 2. The SMILES string of the molecule is CC(C)CCN1C(=O)C(C2=NS(=O)(=O)c3ccccc3N2)C(=O)[C@@H]1c1ccccc1. The van der Waals surface area contributed by atoms with Crippen LogP contribution in [0.4, 0.5) is 5.69 Å². The highest BCUT2D eigenvalue weighted by atomic mass is 32.2. The van der Waals surface area contributed by atoms with Gasteiger partial charge in [-0.3, -0.25) is 9.59 Å². The molecule has 2 heterocycles. The van der Waals surface area contributed by atoms with E-state index in [4.69, 9.17) is 0 Å². The molecule has 2 aromatic carbocycles. The van der Waals surface area contributed by atoms with Gasteiger partial charge in [-0.2, -0.15) is 8.42 Å². The summed E-state index contributed by atoms with van der Waals surface area (Å²) in [5, 5.41) is 2.92.